The highest BCUT2D eigenvalue weighted by molar-refractivity contribution is 6.30. The van der Waals surface area contributed by atoms with E-state index in [1.54, 1.807) is 23.8 Å². The van der Waals surface area contributed by atoms with E-state index >= 15 is 0 Å². The molecule has 0 radical (unpaired) electrons. The zero-order valence-corrected chi connectivity index (χ0v) is 11.1. The number of ether oxygens (including phenoxy) is 1. The fraction of sp³-hybridized carbons (Fsp3) is 0.143. The second kappa shape index (κ2) is 4.90. The number of rotatable bonds is 3. The third kappa shape index (κ3) is 2.53. The largest absolute Gasteiger partial charge is 0.497 e. The molecule has 19 heavy (non-hydrogen) atoms. The van der Waals surface area contributed by atoms with Crippen LogP contribution in [0.15, 0.2) is 42.6 Å². The molecule has 1 aromatic carbocycles. The van der Waals surface area contributed by atoms with Crippen molar-refractivity contribution in [3.63, 3.8) is 0 Å². The molecule has 3 rings (SSSR count). The molecule has 0 N–H and O–H groups in total. The topological polar surface area (TPSA) is 39.4 Å². The summed E-state index contributed by atoms with van der Waals surface area (Å²) in [7, 11) is 1.66. The number of benzene rings is 1. The first-order valence-electron chi connectivity index (χ1n) is 5.88. The smallest absolute Gasteiger partial charge is 0.157 e. The normalized spacial score (nSPS) is 10.8. The molecular formula is C14H12ClN3O. The van der Waals surface area contributed by atoms with Gasteiger partial charge in [-0.15, -0.1) is 0 Å². The Labute approximate surface area is 115 Å². The predicted molar refractivity (Wildman–Crippen MR) is 73.8 cm³/mol. The summed E-state index contributed by atoms with van der Waals surface area (Å²) in [6.07, 6.45) is 2.49. The van der Waals surface area contributed by atoms with Crippen LogP contribution in [0.2, 0.25) is 5.02 Å². The van der Waals surface area contributed by atoms with Gasteiger partial charge in [-0.1, -0.05) is 23.7 Å². The number of halogens is 1. The molecule has 0 aliphatic rings. The Kier molecular flexibility index (Phi) is 3.09. The Morgan fingerprint density at radius 2 is 2.00 bits per heavy atom. The summed E-state index contributed by atoms with van der Waals surface area (Å²) >= 11 is 5.93. The lowest BCUT2D eigenvalue weighted by Crippen LogP contribution is -1.92. The molecule has 0 aliphatic heterocycles. The number of aromatic nitrogens is 3. The molecule has 2 aromatic heterocycles. The van der Waals surface area contributed by atoms with Crippen LogP contribution in [0.4, 0.5) is 0 Å². The van der Waals surface area contributed by atoms with Gasteiger partial charge >= 0.3 is 0 Å². The minimum atomic E-state index is 0.663. The quantitative estimate of drug-likeness (QED) is 0.736. The van der Waals surface area contributed by atoms with Crippen molar-refractivity contribution >= 4 is 17.2 Å². The van der Waals surface area contributed by atoms with Crippen molar-refractivity contribution in [2.24, 2.45) is 0 Å². The van der Waals surface area contributed by atoms with Crippen LogP contribution in [0.25, 0.3) is 5.65 Å². The van der Waals surface area contributed by atoms with E-state index in [2.05, 4.69) is 10.1 Å². The molecule has 0 atom stereocenters. The summed E-state index contributed by atoms with van der Waals surface area (Å²) < 4.78 is 6.86. The Morgan fingerprint density at radius 1 is 1.21 bits per heavy atom. The maximum atomic E-state index is 5.93. The van der Waals surface area contributed by atoms with Crippen molar-refractivity contribution in [3.8, 4) is 5.75 Å². The molecule has 0 amide bonds. The second-order valence-corrected chi connectivity index (χ2v) is 4.64. The van der Waals surface area contributed by atoms with E-state index in [-0.39, 0.29) is 0 Å². The maximum absolute atomic E-state index is 5.93. The van der Waals surface area contributed by atoms with Crippen molar-refractivity contribution in [2.45, 2.75) is 6.42 Å². The zero-order chi connectivity index (χ0) is 13.2. The summed E-state index contributed by atoms with van der Waals surface area (Å²) in [6.45, 7) is 0. The van der Waals surface area contributed by atoms with Crippen LogP contribution in [-0.4, -0.2) is 21.7 Å². The molecule has 4 nitrogen and oxygen atoms in total. The third-order valence-electron chi connectivity index (χ3n) is 2.86. The van der Waals surface area contributed by atoms with E-state index in [4.69, 9.17) is 16.3 Å². The minimum Gasteiger partial charge on any atom is -0.497 e. The van der Waals surface area contributed by atoms with E-state index in [1.807, 2.05) is 30.5 Å². The zero-order valence-electron chi connectivity index (χ0n) is 10.4. The first kappa shape index (κ1) is 12.0. The monoisotopic (exact) mass is 273 g/mol. The van der Waals surface area contributed by atoms with Crippen molar-refractivity contribution in [2.75, 3.05) is 7.11 Å². The van der Waals surface area contributed by atoms with Crippen molar-refractivity contribution < 1.29 is 4.74 Å². The van der Waals surface area contributed by atoms with Gasteiger partial charge in [-0.2, -0.15) is 5.10 Å². The van der Waals surface area contributed by atoms with Gasteiger partial charge in [-0.05, 0) is 23.8 Å². The molecule has 2 heterocycles. The summed E-state index contributed by atoms with van der Waals surface area (Å²) in [5.41, 5.74) is 1.90. The predicted octanol–water partition coefficient (Wildman–Crippen LogP) is 2.98. The molecule has 5 heteroatoms. The number of pyridine rings is 1. The Hall–Kier alpha value is -2.07. The van der Waals surface area contributed by atoms with Gasteiger partial charge in [0.05, 0.1) is 7.11 Å². The number of hydrogen-bond acceptors (Lipinski definition) is 3. The van der Waals surface area contributed by atoms with Crippen molar-refractivity contribution in [3.05, 3.63) is 59.0 Å². The summed E-state index contributed by atoms with van der Waals surface area (Å²) in [4.78, 5) is 4.45. The molecule has 0 spiro atoms. The van der Waals surface area contributed by atoms with E-state index < -0.39 is 0 Å². The van der Waals surface area contributed by atoms with Gasteiger partial charge in [-0.25, -0.2) is 9.50 Å². The van der Waals surface area contributed by atoms with Gasteiger partial charge in [0.2, 0.25) is 0 Å². The molecule has 0 bridgehead atoms. The highest BCUT2D eigenvalue weighted by Crippen LogP contribution is 2.15. The van der Waals surface area contributed by atoms with Crippen LogP contribution >= 0.6 is 11.6 Å². The second-order valence-electron chi connectivity index (χ2n) is 4.20. The average molecular weight is 274 g/mol. The number of methoxy groups -OCH3 is 1. The minimum absolute atomic E-state index is 0.663. The fourth-order valence-electron chi connectivity index (χ4n) is 1.90. The lowest BCUT2D eigenvalue weighted by molar-refractivity contribution is 0.414. The highest BCUT2D eigenvalue weighted by atomic mass is 35.5. The van der Waals surface area contributed by atoms with E-state index in [9.17, 15) is 0 Å². The van der Waals surface area contributed by atoms with Gasteiger partial charge in [0.1, 0.15) is 5.75 Å². The number of fused-ring (bicyclic) bond motifs is 1. The summed E-state index contributed by atoms with van der Waals surface area (Å²) in [6, 6.07) is 11.5. The van der Waals surface area contributed by atoms with Gasteiger partial charge in [0.15, 0.2) is 11.5 Å². The summed E-state index contributed by atoms with van der Waals surface area (Å²) in [5, 5.41) is 5.07. The Bertz CT molecular complexity index is 706. The molecule has 0 fully saturated rings. The maximum Gasteiger partial charge on any atom is 0.157 e. The molecular weight excluding hydrogens is 262 g/mol. The fourth-order valence-corrected chi connectivity index (χ4v) is 2.06. The van der Waals surface area contributed by atoms with Gasteiger partial charge in [-0.3, -0.25) is 0 Å². The molecule has 0 saturated heterocycles. The average Bonchev–Trinajstić information content (AvgIpc) is 2.81. The van der Waals surface area contributed by atoms with E-state index in [1.165, 1.54) is 0 Å². The standard InChI is InChI=1S/C14H12ClN3O/c1-19-12-4-2-10(3-5-12)8-13-16-14-9-11(15)6-7-18(14)17-13/h2-7,9H,8H2,1H3. The molecule has 0 aliphatic carbocycles. The molecule has 0 saturated carbocycles. The van der Waals surface area contributed by atoms with Crippen LogP contribution in [0.1, 0.15) is 11.4 Å². The lowest BCUT2D eigenvalue weighted by atomic mass is 10.1. The Morgan fingerprint density at radius 3 is 2.74 bits per heavy atom. The number of nitrogens with zero attached hydrogens (tertiary/aromatic N) is 3. The highest BCUT2D eigenvalue weighted by Gasteiger charge is 2.05. The summed E-state index contributed by atoms with van der Waals surface area (Å²) in [5.74, 6) is 1.62. The first-order chi connectivity index (χ1) is 9.24. The van der Waals surface area contributed by atoms with Gasteiger partial charge in [0.25, 0.3) is 0 Å². The van der Waals surface area contributed by atoms with E-state index in [0.717, 1.165) is 22.8 Å². The van der Waals surface area contributed by atoms with Gasteiger partial charge < -0.3 is 4.74 Å². The van der Waals surface area contributed by atoms with Gasteiger partial charge in [0, 0.05) is 23.7 Å². The first-order valence-corrected chi connectivity index (χ1v) is 6.26. The van der Waals surface area contributed by atoms with E-state index in [0.29, 0.717) is 11.4 Å². The third-order valence-corrected chi connectivity index (χ3v) is 3.10. The SMILES string of the molecule is COc1ccc(Cc2nc3cc(Cl)ccn3n2)cc1. The van der Waals surface area contributed by atoms with Crippen LogP contribution in [0.3, 0.4) is 0 Å². The van der Waals surface area contributed by atoms with Crippen LogP contribution in [-0.2, 0) is 6.42 Å². The molecule has 0 unspecified atom stereocenters. The molecule has 96 valence electrons. The molecule has 3 aromatic rings. The number of hydrogen-bond donors (Lipinski definition) is 0. The van der Waals surface area contributed by atoms with Crippen LogP contribution < -0.4 is 4.74 Å². The van der Waals surface area contributed by atoms with Crippen molar-refractivity contribution in [1.29, 1.82) is 0 Å². The van der Waals surface area contributed by atoms with Crippen LogP contribution in [0.5, 0.6) is 5.75 Å². The lowest BCUT2D eigenvalue weighted by Gasteiger charge is -2.00. The Balaban J connectivity index is 1.87. The van der Waals surface area contributed by atoms with Crippen LogP contribution in [0, 0.1) is 0 Å². The van der Waals surface area contributed by atoms with Crippen molar-refractivity contribution in [1.82, 2.24) is 14.6 Å².